The molecule has 0 N–H and O–H groups in total. The van der Waals surface area contributed by atoms with E-state index in [1.807, 2.05) is 112 Å². The molecule has 4 atom stereocenters. The van der Waals surface area contributed by atoms with Gasteiger partial charge in [-0.15, -0.1) is 0 Å². The lowest BCUT2D eigenvalue weighted by molar-refractivity contribution is -0.280. The Bertz CT molecular complexity index is 1610. The summed E-state index contributed by atoms with van der Waals surface area (Å²) in [6, 6.07) is 25.2. The van der Waals surface area contributed by atoms with Gasteiger partial charge in [-0.25, -0.2) is 4.79 Å². The van der Waals surface area contributed by atoms with Crippen LogP contribution in [0, 0.1) is 5.41 Å². The van der Waals surface area contributed by atoms with Gasteiger partial charge in [0.05, 0.1) is 66.1 Å². The average molecular weight is 717 g/mol. The zero-order valence-electron chi connectivity index (χ0n) is 31.3. The van der Waals surface area contributed by atoms with E-state index in [2.05, 4.69) is 0 Å². The molecule has 0 amide bonds. The van der Waals surface area contributed by atoms with Gasteiger partial charge in [0.15, 0.2) is 0 Å². The van der Waals surface area contributed by atoms with E-state index < -0.39 is 35.2 Å². The Morgan fingerprint density at radius 1 is 0.846 bits per heavy atom. The molecule has 3 aromatic rings. The van der Waals surface area contributed by atoms with Crippen LogP contribution < -0.4 is 9.47 Å². The molecule has 0 aromatic heterocycles. The molecule has 10 heteroatoms. The van der Waals surface area contributed by atoms with Gasteiger partial charge < -0.3 is 37.9 Å². The number of carbonyl (C=O) groups is 2. The summed E-state index contributed by atoms with van der Waals surface area (Å²) in [5, 5.41) is 0. The van der Waals surface area contributed by atoms with Crippen molar-refractivity contribution in [1.29, 1.82) is 0 Å². The first-order valence-electron chi connectivity index (χ1n) is 17.4. The highest BCUT2D eigenvalue weighted by Crippen LogP contribution is 2.45. The van der Waals surface area contributed by atoms with Gasteiger partial charge in [-0.2, -0.15) is 0 Å². The first-order valence-corrected chi connectivity index (χ1v) is 17.4. The van der Waals surface area contributed by atoms with Gasteiger partial charge in [0.1, 0.15) is 11.5 Å². The number of esters is 1. The number of rotatable bonds is 19. The SMILES string of the molecule is COC(=O)/C=C1\C[C@@H](CC(OCc2ccc(OC)cc2)[C@H](C)OCc2ccccc2)O[C@@](OC)(C(C)(C)/C=C/COCc2ccc(OC)cc2)C1=O. The van der Waals surface area contributed by atoms with E-state index in [0.29, 0.717) is 26.2 Å². The van der Waals surface area contributed by atoms with Crippen molar-refractivity contribution in [2.75, 3.05) is 35.0 Å². The molecule has 0 spiro atoms. The molecule has 1 aliphatic rings. The smallest absolute Gasteiger partial charge is 0.330 e. The number of methoxy groups -OCH3 is 4. The molecule has 0 radical (unpaired) electrons. The highest BCUT2D eigenvalue weighted by atomic mass is 16.7. The number of carbonyl (C=O) groups excluding carboxylic acids is 2. The van der Waals surface area contributed by atoms with Crippen LogP contribution in [0.1, 0.15) is 50.3 Å². The molecule has 280 valence electrons. The van der Waals surface area contributed by atoms with Crippen LogP contribution >= 0.6 is 0 Å². The number of Topliss-reactive ketones (excluding diaryl/α,β-unsaturated/α-hetero) is 1. The second-order valence-corrected chi connectivity index (χ2v) is 13.2. The van der Waals surface area contributed by atoms with E-state index in [-0.39, 0.29) is 24.7 Å². The van der Waals surface area contributed by atoms with Gasteiger partial charge in [0.2, 0.25) is 11.6 Å². The van der Waals surface area contributed by atoms with E-state index in [0.717, 1.165) is 28.2 Å². The molecule has 52 heavy (non-hydrogen) atoms. The van der Waals surface area contributed by atoms with Crippen LogP contribution in [0.15, 0.2) is 103 Å². The van der Waals surface area contributed by atoms with Crippen molar-refractivity contribution in [3.8, 4) is 11.5 Å². The normalized spacial score (nSPS) is 19.8. The summed E-state index contributed by atoms with van der Waals surface area (Å²) < 4.78 is 46.9. The van der Waals surface area contributed by atoms with Gasteiger partial charge in [-0.3, -0.25) is 4.79 Å². The van der Waals surface area contributed by atoms with Gasteiger partial charge in [-0.05, 0) is 47.9 Å². The molecule has 0 bridgehead atoms. The molecule has 1 heterocycles. The lowest BCUT2D eigenvalue weighted by atomic mass is 9.75. The summed E-state index contributed by atoms with van der Waals surface area (Å²) in [4.78, 5) is 26.7. The summed E-state index contributed by atoms with van der Waals surface area (Å²) in [7, 11) is 5.97. The minimum atomic E-state index is -1.77. The van der Waals surface area contributed by atoms with Crippen molar-refractivity contribution in [2.24, 2.45) is 5.41 Å². The molecule has 0 saturated carbocycles. The van der Waals surface area contributed by atoms with Crippen molar-refractivity contribution in [3.05, 3.63) is 119 Å². The van der Waals surface area contributed by atoms with E-state index in [1.54, 1.807) is 14.2 Å². The van der Waals surface area contributed by atoms with Gasteiger partial charge in [0.25, 0.3) is 0 Å². The van der Waals surface area contributed by atoms with Crippen molar-refractivity contribution in [2.45, 2.75) is 77.5 Å². The molecule has 10 nitrogen and oxygen atoms in total. The summed E-state index contributed by atoms with van der Waals surface area (Å²) >= 11 is 0. The number of hydrogen-bond acceptors (Lipinski definition) is 10. The Morgan fingerprint density at radius 3 is 2.00 bits per heavy atom. The van der Waals surface area contributed by atoms with Crippen LogP contribution in [0.25, 0.3) is 0 Å². The standard InChI is InChI=1S/C42H52O10/c1-30(50-28-31-12-9-8-10-13-31)38(51-29-33-16-20-36(46-5)21-17-33)26-37-24-34(25-39(43)47-6)40(44)42(48-7,52-37)41(2,3)22-11-23-49-27-32-14-18-35(45-4)19-15-32/h8-22,25,30,37-38H,23-24,26-29H2,1-7H3/b22-11+,34-25+/t30-,37-,38?,42+/m0/s1. The van der Waals surface area contributed by atoms with Crippen LogP contribution in [-0.4, -0.2) is 70.9 Å². The Kier molecular flexibility index (Phi) is 15.2. The lowest BCUT2D eigenvalue weighted by Crippen LogP contribution is -2.60. The van der Waals surface area contributed by atoms with Crippen molar-refractivity contribution < 1.29 is 47.5 Å². The predicted octanol–water partition coefficient (Wildman–Crippen LogP) is 7.18. The maximum Gasteiger partial charge on any atom is 0.330 e. The summed E-state index contributed by atoms with van der Waals surface area (Å²) in [6.45, 7) is 7.06. The Balaban J connectivity index is 1.56. The van der Waals surface area contributed by atoms with Crippen LogP contribution in [0.5, 0.6) is 11.5 Å². The van der Waals surface area contributed by atoms with E-state index >= 15 is 0 Å². The second kappa shape index (κ2) is 19.5. The van der Waals surface area contributed by atoms with Crippen LogP contribution in [0.3, 0.4) is 0 Å². The van der Waals surface area contributed by atoms with Crippen LogP contribution in [-0.2, 0) is 57.8 Å². The van der Waals surface area contributed by atoms with Gasteiger partial charge in [-0.1, -0.05) is 80.6 Å². The average Bonchev–Trinajstić information content (AvgIpc) is 3.17. The third-order valence-corrected chi connectivity index (χ3v) is 9.17. The quantitative estimate of drug-likeness (QED) is 0.0548. The second-order valence-electron chi connectivity index (χ2n) is 13.2. The van der Waals surface area contributed by atoms with Gasteiger partial charge in [0, 0.05) is 37.0 Å². The molecule has 1 unspecified atom stereocenters. The monoisotopic (exact) mass is 716 g/mol. The topological polar surface area (TPSA) is 108 Å². The summed E-state index contributed by atoms with van der Waals surface area (Å²) in [5.74, 6) is -1.33. The Labute approximate surface area is 307 Å². The lowest BCUT2D eigenvalue weighted by Gasteiger charge is -2.48. The van der Waals surface area contributed by atoms with Crippen LogP contribution in [0.4, 0.5) is 0 Å². The fraction of sp³-hybridized carbons (Fsp3) is 0.429. The fourth-order valence-corrected chi connectivity index (χ4v) is 6.09. The van der Waals surface area contributed by atoms with Crippen molar-refractivity contribution in [3.63, 3.8) is 0 Å². The minimum absolute atomic E-state index is 0.150. The molecule has 1 saturated heterocycles. The van der Waals surface area contributed by atoms with Crippen LogP contribution in [0.2, 0.25) is 0 Å². The van der Waals surface area contributed by atoms with E-state index in [9.17, 15) is 9.59 Å². The van der Waals surface area contributed by atoms with Crippen molar-refractivity contribution in [1.82, 2.24) is 0 Å². The maximum absolute atomic E-state index is 14.2. The molecular weight excluding hydrogens is 664 g/mol. The fourth-order valence-electron chi connectivity index (χ4n) is 6.09. The molecule has 1 fully saturated rings. The predicted molar refractivity (Wildman–Crippen MR) is 197 cm³/mol. The first-order chi connectivity index (χ1) is 25.0. The third kappa shape index (κ3) is 10.8. The van der Waals surface area contributed by atoms with E-state index in [4.69, 9.17) is 37.9 Å². The molecule has 4 rings (SSSR count). The largest absolute Gasteiger partial charge is 0.497 e. The maximum atomic E-state index is 14.2. The third-order valence-electron chi connectivity index (χ3n) is 9.17. The zero-order valence-corrected chi connectivity index (χ0v) is 31.3. The van der Waals surface area contributed by atoms with E-state index in [1.165, 1.54) is 20.3 Å². The molecule has 0 aliphatic carbocycles. The number of hydrogen-bond donors (Lipinski definition) is 0. The molecule has 1 aliphatic heterocycles. The molecule has 3 aromatic carbocycles. The highest BCUT2D eigenvalue weighted by Gasteiger charge is 2.57. The first kappa shape index (κ1) is 40.5. The molecular formula is C42H52O10. The summed E-state index contributed by atoms with van der Waals surface area (Å²) in [6.07, 6.45) is 4.01. The van der Waals surface area contributed by atoms with Crippen molar-refractivity contribution >= 4 is 11.8 Å². The Hall–Kier alpha value is -4.32. The highest BCUT2D eigenvalue weighted by molar-refractivity contribution is 6.06. The van der Waals surface area contributed by atoms with Gasteiger partial charge >= 0.3 is 5.97 Å². The zero-order chi connectivity index (χ0) is 37.6. The summed E-state index contributed by atoms with van der Waals surface area (Å²) in [5.41, 5.74) is 2.24. The minimum Gasteiger partial charge on any atom is -0.497 e. The number of ketones is 1. The number of benzene rings is 3. The Morgan fingerprint density at radius 2 is 1.42 bits per heavy atom. The number of ether oxygens (including phenoxy) is 8.